The summed E-state index contributed by atoms with van der Waals surface area (Å²) in [6.45, 7) is 0. The fraction of sp³-hybridized carbons (Fsp3) is 0.214. The second kappa shape index (κ2) is 5.13. The predicted octanol–water partition coefficient (Wildman–Crippen LogP) is 1.36. The van der Waals surface area contributed by atoms with E-state index in [1.54, 1.807) is 12.3 Å². The zero-order valence-corrected chi connectivity index (χ0v) is 11.3. The molecule has 3 rings (SSSR count). The SMILES string of the molecule is O=C(O)C1=CCS[C@@H]2C(/N=C/c3ccccc3)C(=O)N12. The maximum absolute atomic E-state index is 12.0. The van der Waals surface area contributed by atoms with Crippen molar-refractivity contribution in [3.8, 4) is 0 Å². The molecule has 2 atom stereocenters. The van der Waals surface area contributed by atoms with Crippen LogP contribution < -0.4 is 0 Å². The van der Waals surface area contributed by atoms with Gasteiger partial charge in [-0.15, -0.1) is 11.8 Å². The number of amides is 1. The molecule has 6 heteroatoms. The topological polar surface area (TPSA) is 70.0 Å². The average molecular weight is 288 g/mol. The van der Waals surface area contributed by atoms with Crippen LogP contribution in [-0.2, 0) is 9.59 Å². The van der Waals surface area contributed by atoms with Gasteiger partial charge < -0.3 is 5.11 Å². The Morgan fingerprint density at radius 3 is 2.85 bits per heavy atom. The molecule has 2 aliphatic rings. The molecule has 1 fully saturated rings. The van der Waals surface area contributed by atoms with E-state index in [9.17, 15) is 9.59 Å². The van der Waals surface area contributed by atoms with Crippen molar-refractivity contribution < 1.29 is 14.7 Å². The molecule has 20 heavy (non-hydrogen) atoms. The molecule has 0 saturated carbocycles. The van der Waals surface area contributed by atoms with Gasteiger partial charge in [0.15, 0.2) is 6.04 Å². The summed E-state index contributed by atoms with van der Waals surface area (Å²) in [5, 5.41) is 8.87. The highest BCUT2D eigenvalue weighted by molar-refractivity contribution is 8.00. The number of aliphatic imine (C=N–C) groups is 1. The van der Waals surface area contributed by atoms with Gasteiger partial charge in [-0.3, -0.25) is 14.7 Å². The van der Waals surface area contributed by atoms with E-state index in [-0.39, 0.29) is 17.0 Å². The van der Waals surface area contributed by atoms with E-state index < -0.39 is 12.0 Å². The lowest BCUT2D eigenvalue weighted by molar-refractivity contribution is -0.147. The number of carboxylic acids is 1. The van der Waals surface area contributed by atoms with E-state index >= 15 is 0 Å². The number of aliphatic carboxylic acids is 1. The number of β-lactam (4-membered cyclic amide) rings is 1. The molecule has 1 aromatic carbocycles. The fourth-order valence-corrected chi connectivity index (χ4v) is 3.41. The van der Waals surface area contributed by atoms with Crippen LogP contribution in [0.25, 0.3) is 0 Å². The number of fused-ring (bicyclic) bond motifs is 1. The highest BCUT2D eigenvalue weighted by atomic mass is 32.2. The number of nitrogens with zero attached hydrogens (tertiary/aromatic N) is 2. The van der Waals surface area contributed by atoms with Crippen molar-refractivity contribution in [1.29, 1.82) is 0 Å². The van der Waals surface area contributed by atoms with Gasteiger partial charge in [0.2, 0.25) is 0 Å². The Hall–Kier alpha value is -2.08. The molecule has 1 unspecified atom stereocenters. The third-order valence-electron chi connectivity index (χ3n) is 3.22. The lowest BCUT2D eigenvalue weighted by Crippen LogP contribution is -2.63. The number of hydrogen-bond donors (Lipinski definition) is 1. The minimum atomic E-state index is -1.06. The maximum Gasteiger partial charge on any atom is 0.352 e. The molecule has 102 valence electrons. The van der Waals surface area contributed by atoms with E-state index in [2.05, 4.69) is 4.99 Å². The van der Waals surface area contributed by atoms with Crippen LogP contribution >= 0.6 is 11.8 Å². The molecule has 5 nitrogen and oxygen atoms in total. The number of carbonyl (C=O) groups excluding carboxylic acids is 1. The van der Waals surface area contributed by atoms with Crippen LogP contribution in [0.1, 0.15) is 5.56 Å². The summed E-state index contributed by atoms with van der Waals surface area (Å²) < 4.78 is 0. The van der Waals surface area contributed by atoms with Gasteiger partial charge in [0.25, 0.3) is 5.91 Å². The van der Waals surface area contributed by atoms with Gasteiger partial charge in [-0.05, 0) is 11.6 Å². The average Bonchev–Trinajstić information content (AvgIpc) is 2.47. The van der Waals surface area contributed by atoms with E-state index in [1.165, 1.54) is 16.7 Å². The van der Waals surface area contributed by atoms with Crippen LogP contribution in [0.3, 0.4) is 0 Å². The first-order valence-electron chi connectivity index (χ1n) is 6.15. The third-order valence-corrected chi connectivity index (χ3v) is 4.39. The zero-order chi connectivity index (χ0) is 14.1. The van der Waals surface area contributed by atoms with Crippen molar-refractivity contribution in [3.05, 3.63) is 47.7 Å². The van der Waals surface area contributed by atoms with E-state index in [0.29, 0.717) is 5.75 Å². The Morgan fingerprint density at radius 1 is 1.40 bits per heavy atom. The molecule has 0 spiro atoms. The monoisotopic (exact) mass is 288 g/mol. The molecule has 1 aromatic rings. The van der Waals surface area contributed by atoms with Crippen LogP contribution in [0.2, 0.25) is 0 Å². The van der Waals surface area contributed by atoms with Crippen LogP contribution in [-0.4, -0.2) is 45.3 Å². The number of hydrogen-bond acceptors (Lipinski definition) is 4. The van der Waals surface area contributed by atoms with Crippen LogP contribution in [0, 0.1) is 0 Å². The van der Waals surface area contributed by atoms with Gasteiger partial charge in [-0.1, -0.05) is 30.3 Å². The summed E-state index contributed by atoms with van der Waals surface area (Å²) in [5.74, 6) is -0.717. The van der Waals surface area contributed by atoms with E-state index in [0.717, 1.165) is 5.56 Å². The second-order valence-electron chi connectivity index (χ2n) is 4.46. The largest absolute Gasteiger partial charge is 0.477 e. The van der Waals surface area contributed by atoms with Crippen LogP contribution in [0.4, 0.5) is 0 Å². The summed E-state index contributed by atoms with van der Waals surface area (Å²) in [4.78, 5) is 28.7. The smallest absolute Gasteiger partial charge is 0.352 e. The van der Waals surface area contributed by atoms with Crippen molar-refractivity contribution in [2.45, 2.75) is 11.4 Å². The number of rotatable bonds is 3. The number of benzene rings is 1. The van der Waals surface area contributed by atoms with Gasteiger partial charge in [0.05, 0.1) is 0 Å². The highest BCUT2D eigenvalue weighted by Gasteiger charge is 2.51. The van der Waals surface area contributed by atoms with Gasteiger partial charge in [0.1, 0.15) is 11.1 Å². The highest BCUT2D eigenvalue weighted by Crippen LogP contribution is 2.38. The van der Waals surface area contributed by atoms with Crippen molar-refractivity contribution in [2.75, 3.05) is 5.75 Å². The number of thioether (sulfide) groups is 1. The molecular weight excluding hydrogens is 276 g/mol. The van der Waals surface area contributed by atoms with Crippen molar-refractivity contribution in [1.82, 2.24) is 4.90 Å². The predicted molar refractivity (Wildman–Crippen MR) is 76.6 cm³/mol. The molecule has 2 heterocycles. The first kappa shape index (κ1) is 12.9. The number of carbonyl (C=O) groups is 2. The van der Waals surface area contributed by atoms with Gasteiger partial charge in [0, 0.05) is 12.0 Å². The lowest BCUT2D eigenvalue weighted by atomic mass is 10.1. The molecular formula is C14H12N2O3S. The summed E-state index contributed by atoms with van der Waals surface area (Å²) >= 11 is 1.53. The van der Waals surface area contributed by atoms with Crippen molar-refractivity contribution >= 4 is 29.9 Å². The molecule has 0 aliphatic carbocycles. The Morgan fingerprint density at radius 2 is 2.15 bits per heavy atom. The standard InChI is InChI=1S/C14H12N2O3S/c17-12-11(15-8-9-4-2-1-3-5-9)13-16(12)10(14(18)19)6-7-20-13/h1-6,8,11,13H,7H2,(H,18,19)/b15-8+/t11?,13-/m1/s1. The van der Waals surface area contributed by atoms with Gasteiger partial charge in [-0.2, -0.15) is 0 Å². The summed E-state index contributed by atoms with van der Waals surface area (Å²) in [5.41, 5.74) is 0.999. The molecule has 1 saturated heterocycles. The minimum Gasteiger partial charge on any atom is -0.477 e. The van der Waals surface area contributed by atoms with Crippen LogP contribution in [0.5, 0.6) is 0 Å². The zero-order valence-electron chi connectivity index (χ0n) is 10.5. The Balaban J connectivity index is 1.76. The minimum absolute atomic E-state index is 0.0740. The molecule has 1 amide bonds. The fourth-order valence-electron chi connectivity index (χ4n) is 2.23. The van der Waals surface area contributed by atoms with Crippen molar-refractivity contribution in [2.24, 2.45) is 4.99 Å². The Bertz CT molecular complexity index is 612. The molecule has 0 radical (unpaired) electrons. The quantitative estimate of drug-likeness (QED) is 0.673. The summed E-state index contributed by atoms with van der Waals surface area (Å²) in [6, 6.07) is 9.04. The normalized spacial score (nSPS) is 25.1. The molecule has 2 aliphatic heterocycles. The summed E-state index contributed by atoms with van der Waals surface area (Å²) in [6.07, 6.45) is 3.23. The van der Waals surface area contributed by atoms with Gasteiger partial charge >= 0.3 is 5.97 Å². The van der Waals surface area contributed by atoms with E-state index in [1.807, 2.05) is 30.3 Å². The third kappa shape index (κ3) is 2.12. The Kier molecular flexibility index (Phi) is 3.31. The van der Waals surface area contributed by atoms with Gasteiger partial charge in [-0.25, -0.2) is 4.79 Å². The van der Waals surface area contributed by atoms with Crippen LogP contribution in [0.15, 0.2) is 47.1 Å². The second-order valence-corrected chi connectivity index (χ2v) is 5.61. The maximum atomic E-state index is 12.0. The number of carboxylic acid groups (broad SMARTS) is 1. The Labute approximate surface area is 120 Å². The van der Waals surface area contributed by atoms with Crippen molar-refractivity contribution in [3.63, 3.8) is 0 Å². The summed E-state index contributed by atoms with van der Waals surface area (Å²) in [7, 11) is 0. The molecule has 0 bridgehead atoms. The van der Waals surface area contributed by atoms with E-state index in [4.69, 9.17) is 5.11 Å². The first-order valence-corrected chi connectivity index (χ1v) is 7.20. The molecule has 0 aromatic heterocycles. The molecule has 1 N–H and O–H groups in total. The lowest BCUT2D eigenvalue weighted by Gasteiger charge is -2.46. The first-order chi connectivity index (χ1) is 9.68.